The number of aryl methyl sites for hydroxylation is 2. The molecule has 2 rings (SSSR count). The molecule has 0 atom stereocenters. The molecule has 1 N–H and O–H groups in total. The van der Waals surface area contributed by atoms with Crippen molar-refractivity contribution in [3.63, 3.8) is 0 Å². The van der Waals surface area contributed by atoms with Gasteiger partial charge in [-0.25, -0.2) is 4.98 Å². The molecule has 17 heavy (non-hydrogen) atoms. The first-order valence-electron chi connectivity index (χ1n) is 6.06. The molecular formula is C14H19N3. The highest BCUT2D eigenvalue weighted by Gasteiger charge is 2.00. The molecule has 0 bridgehead atoms. The molecule has 0 spiro atoms. The minimum absolute atomic E-state index is 0.814. The average Bonchev–Trinajstić information content (AvgIpc) is 2.79. The summed E-state index contributed by atoms with van der Waals surface area (Å²) in [5.41, 5.74) is 2.61. The number of nitrogens with zero attached hydrogens (tertiary/aromatic N) is 2. The van der Waals surface area contributed by atoms with Crippen LogP contribution in [0.15, 0.2) is 36.7 Å². The zero-order chi connectivity index (χ0) is 12.1. The Morgan fingerprint density at radius 1 is 1.18 bits per heavy atom. The summed E-state index contributed by atoms with van der Waals surface area (Å²) in [6.45, 7) is 6.91. The fraction of sp³-hybridized carbons (Fsp3) is 0.357. The third-order valence-corrected chi connectivity index (χ3v) is 2.88. The van der Waals surface area contributed by atoms with Crippen LogP contribution < -0.4 is 5.32 Å². The van der Waals surface area contributed by atoms with Crippen molar-refractivity contribution in [1.29, 1.82) is 0 Å². The number of hydrogen-bond donors (Lipinski definition) is 1. The first kappa shape index (κ1) is 11.9. The number of nitrogens with one attached hydrogen (secondary N) is 1. The molecule has 0 aliphatic rings. The smallest absolute Gasteiger partial charge is 0.122 e. The zero-order valence-corrected chi connectivity index (χ0v) is 10.5. The van der Waals surface area contributed by atoms with Gasteiger partial charge < -0.3 is 9.88 Å². The molecule has 90 valence electrons. The second-order valence-electron chi connectivity index (χ2n) is 4.22. The van der Waals surface area contributed by atoms with Gasteiger partial charge in [-0.2, -0.15) is 0 Å². The topological polar surface area (TPSA) is 29.9 Å². The van der Waals surface area contributed by atoms with E-state index in [-0.39, 0.29) is 0 Å². The Balaban J connectivity index is 1.85. The van der Waals surface area contributed by atoms with Crippen molar-refractivity contribution < 1.29 is 0 Å². The second kappa shape index (κ2) is 5.64. The Kier molecular flexibility index (Phi) is 3.94. The molecule has 1 aromatic carbocycles. The monoisotopic (exact) mass is 229 g/mol. The van der Waals surface area contributed by atoms with Crippen molar-refractivity contribution >= 4 is 0 Å². The van der Waals surface area contributed by atoms with Crippen molar-refractivity contribution in [3.05, 3.63) is 53.6 Å². The van der Waals surface area contributed by atoms with Gasteiger partial charge in [0.15, 0.2) is 0 Å². The predicted molar refractivity (Wildman–Crippen MR) is 69.6 cm³/mol. The van der Waals surface area contributed by atoms with Crippen LogP contribution in [0.25, 0.3) is 0 Å². The molecule has 0 fully saturated rings. The summed E-state index contributed by atoms with van der Waals surface area (Å²) in [4.78, 5) is 4.33. The van der Waals surface area contributed by atoms with Crippen LogP contribution in [0.2, 0.25) is 0 Å². The van der Waals surface area contributed by atoms with Gasteiger partial charge in [-0.3, -0.25) is 0 Å². The molecule has 0 amide bonds. The third-order valence-electron chi connectivity index (χ3n) is 2.88. The number of benzene rings is 1. The number of hydrogen-bond acceptors (Lipinski definition) is 2. The maximum Gasteiger partial charge on any atom is 0.122 e. The van der Waals surface area contributed by atoms with E-state index in [1.54, 1.807) is 0 Å². The van der Waals surface area contributed by atoms with E-state index < -0.39 is 0 Å². The van der Waals surface area contributed by atoms with E-state index >= 15 is 0 Å². The highest BCUT2D eigenvalue weighted by molar-refractivity contribution is 5.21. The van der Waals surface area contributed by atoms with E-state index in [4.69, 9.17) is 0 Å². The molecule has 0 unspecified atom stereocenters. The van der Waals surface area contributed by atoms with Crippen LogP contribution in [0.3, 0.4) is 0 Å². The summed E-state index contributed by atoms with van der Waals surface area (Å²) >= 11 is 0. The van der Waals surface area contributed by atoms with Crippen LogP contribution in [0.4, 0.5) is 0 Å². The largest absolute Gasteiger partial charge is 0.334 e. The van der Waals surface area contributed by atoms with E-state index in [0.717, 1.165) is 25.5 Å². The molecule has 3 heteroatoms. The average molecular weight is 229 g/mol. The maximum atomic E-state index is 4.33. The Bertz CT molecular complexity index is 457. The standard InChI is InChI=1S/C14H19N3/c1-3-17-9-8-16-14(17)11-15-10-13-6-4-12(2)5-7-13/h4-9,15H,3,10-11H2,1-2H3. The van der Waals surface area contributed by atoms with Gasteiger partial charge in [-0.1, -0.05) is 29.8 Å². The summed E-state index contributed by atoms with van der Waals surface area (Å²) in [6, 6.07) is 8.61. The Hall–Kier alpha value is -1.61. The lowest BCUT2D eigenvalue weighted by molar-refractivity contribution is 0.613. The van der Waals surface area contributed by atoms with Crippen LogP contribution in [0.1, 0.15) is 23.9 Å². The van der Waals surface area contributed by atoms with Crippen LogP contribution in [0, 0.1) is 6.92 Å². The summed E-state index contributed by atoms with van der Waals surface area (Å²) in [5, 5.41) is 3.41. The van der Waals surface area contributed by atoms with Gasteiger partial charge in [0.2, 0.25) is 0 Å². The van der Waals surface area contributed by atoms with Crippen LogP contribution >= 0.6 is 0 Å². The Morgan fingerprint density at radius 2 is 1.94 bits per heavy atom. The number of aromatic nitrogens is 2. The van der Waals surface area contributed by atoms with Crippen molar-refractivity contribution in [1.82, 2.24) is 14.9 Å². The second-order valence-corrected chi connectivity index (χ2v) is 4.22. The summed E-state index contributed by atoms with van der Waals surface area (Å²) < 4.78 is 2.15. The van der Waals surface area contributed by atoms with E-state index in [9.17, 15) is 0 Å². The van der Waals surface area contributed by atoms with Crippen LogP contribution in [0.5, 0.6) is 0 Å². The molecule has 0 saturated carbocycles. The van der Waals surface area contributed by atoms with Gasteiger partial charge in [-0.15, -0.1) is 0 Å². The van der Waals surface area contributed by atoms with Crippen LogP contribution in [-0.4, -0.2) is 9.55 Å². The molecule has 0 saturated heterocycles. The predicted octanol–water partition coefficient (Wildman–Crippen LogP) is 2.50. The van der Waals surface area contributed by atoms with E-state index in [1.807, 2.05) is 12.4 Å². The van der Waals surface area contributed by atoms with E-state index in [1.165, 1.54) is 11.1 Å². The fourth-order valence-electron chi connectivity index (χ4n) is 1.82. The molecule has 0 aliphatic carbocycles. The molecule has 2 aromatic rings. The summed E-state index contributed by atoms with van der Waals surface area (Å²) in [7, 11) is 0. The van der Waals surface area contributed by atoms with Gasteiger partial charge in [0.25, 0.3) is 0 Å². The van der Waals surface area contributed by atoms with Crippen LogP contribution in [-0.2, 0) is 19.6 Å². The van der Waals surface area contributed by atoms with E-state index in [0.29, 0.717) is 0 Å². The van der Waals surface area contributed by atoms with Gasteiger partial charge in [0, 0.05) is 25.5 Å². The highest BCUT2D eigenvalue weighted by atomic mass is 15.1. The molecule has 3 nitrogen and oxygen atoms in total. The molecule has 0 aliphatic heterocycles. The lowest BCUT2D eigenvalue weighted by atomic mass is 10.1. The van der Waals surface area contributed by atoms with Crippen molar-refractivity contribution in [3.8, 4) is 0 Å². The zero-order valence-electron chi connectivity index (χ0n) is 10.5. The van der Waals surface area contributed by atoms with Crippen molar-refractivity contribution in [2.24, 2.45) is 0 Å². The lowest BCUT2D eigenvalue weighted by Crippen LogP contribution is -2.16. The third kappa shape index (κ3) is 3.17. The number of rotatable bonds is 5. The summed E-state index contributed by atoms with van der Waals surface area (Å²) in [6.07, 6.45) is 3.87. The highest BCUT2D eigenvalue weighted by Crippen LogP contribution is 2.03. The minimum atomic E-state index is 0.814. The molecule has 0 radical (unpaired) electrons. The first-order chi connectivity index (χ1) is 8.29. The SMILES string of the molecule is CCn1ccnc1CNCc1ccc(C)cc1. The first-order valence-corrected chi connectivity index (χ1v) is 6.06. The number of imidazole rings is 1. The van der Waals surface area contributed by atoms with Gasteiger partial charge in [-0.05, 0) is 19.4 Å². The molecule has 1 heterocycles. The van der Waals surface area contributed by atoms with E-state index in [2.05, 4.69) is 53.0 Å². The minimum Gasteiger partial charge on any atom is -0.334 e. The van der Waals surface area contributed by atoms with Crippen molar-refractivity contribution in [2.75, 3.05) is 0 Å². The maximum absolute atomic E-state index is 4.33. The fourth-order valence-corrected chi connectivity index (χ4v) is 1.82. The van der Waals surface area contributed by atoms with Crippen molar-refractivity contribution in [2.45, 2.75) is 33.5 Å². The summed E-state index contributed by atoms with van der Waals surface area (Å²) in [5.74, 6) is 1.10. The van der Waals surface area contributed by atoms with Gasteiger partial charge in [0.1, 0.15) is 5.82 Å². The molecule has 1 aromatic heterocycles. The normalized spacial score (nSPS) is 10.7. The molecular weight excluding hydrogens is 210 g/mol. The Labute approximate surface area is 103 Å². The lowest BCUT2D eigenvalue weighted by Gasteiger charge is -2.07. The van der Waals surface area contributed by atoms with Gasteiger partial charge in [0.05, 0.1) is 6.54 Å². The quantitative estimate of drug-likeness (QED) is 0.853. The Morgan fingerprint density at radius 3 is 2.65 bits per heavy atom. The van der Waals surface area contributed by atoms with Gasteiger partial charge >= 0.3 is 0 Å².